The van der Waals surface area contributed by atoms with Gasteiger partial charge in [-0.1, -0.05) is 25.3 Å². The van der Waals surface area contributed by atoms with E-state index in [0.29, 0.717) is 36.1 Å². The minimum absolute atomic E-state index is 0.102. The van der Waals surface area contributed by atoms with Gasteiger partial charge in [-0.25, -0.2) is 4.98 Å². The zero-order valence-corrected chi connectivity index (χ0v) is 20.9. The molecular formula is C29H32N4O3. The summed E-state index contributed by atoms with van der Waals surface area (Å²) in [4.78, 5) is 22.1. The fraction of sp³-hybridized carbons (Fsp3) is 0.345. The number of benzene rings is 2. The highest BCUT2D eigenvalue weighted by Gasteiger charge is 2.23. The van der Waals surface area contributed by atoms with Crippen molar-refractivity contribution < 1.29 is 14.3 Å². The van der Waals surface area contributed by atoms with E-state index in [1.807, 2.05) is 48.5 Å². The maximum Gasteiger partial charge on any atom is 0.251 e. The second kappa shape index (κ2) is 10.8. The van der Waals surface area contributed by atoms with Gasteiger partial charge in [0.05, 0.1) is 25.3 Å². The zero-order valence-electron chi connectivity index (χ0n) is 20.9. The van der Waals surface area contributed by atoms with Crippen LogP contribution in [0.4, 0.5) is 0 Å². The Kier molecular flexibility index (Phi) is 7.16. The van der Waals surface area contributed by atoms with Crippen LogP contribution in [-0.2, 0) is 6.42 Å². The molecule has 2 aromatic carbocycles. The van der Waals surface area contributed by atoms with Crippen molar-refractivity contribution in [2.24, 2.45) is 0 Å². The van der Waals surface area contributed by atoms with E-state index in [4.69, 9.17) is 14.5 Å². The monoisotopic (exact) mass is 484 g/mol. The van der Waals surface area contributed by atoms with E-state index in [1.165, 1.54) is 19.3 Å². The van der Waals surface area contributed by atoms with Gasteiger partial charge in [0.15, 0.2) is 11.5 Å². The topological polar surface area (TPSA) is 78.3 Å². The zero-order chi connectivity index (χ0) is 24.9. The number of methoxy groups -OCH3 is 2. The molecule has 186 valence electrons. The van der Waals surface area contributed by atoms with Crippen LogP contribution in [0.15, 0.2) is 60.9 Å². The molecular weight excluding hydrogens is 452 g/mol. The minimum atomic E-state index is -0.102. The predicted molar refractivity (Wildman–Crippen MR) is 141 cm³/mol. The maximum absolute atomic E-state index is 13.0. The Morgan fingerprint density at radius 2 is 1.75 bits per heavy atom. The van der Waals surface area contributed by atoms with Gasteiger partial charge in [-0.3, -0.25) is 9.78 Å². The van der Waals surface area contributed by atoms with Crippen LogP contribution in [0.3, 0.4) is 0 Å². The summed E-state index contributed by atoms with van der Waals surface area (Å²) in [5.74, 6) is 2.23. The lowest BCUT2D eigenvalue weighted by molar-refractivity contribution is 0.0954. The van der Waals surface area contributed by atoms with E-state index < -0.39 is 0 Å². The number of fused-ring (bicyclic) bond motifs is 1. The average molecular weight is 485 g/mol. The summed E-state index contributed by atoms with van der Waals surface area (Å²) >= 11 is 0. The molecule has 0 unspecified atom stereocenters. The SMILES string of the molecule is COc1ccc(CCNC(=O)c2ccc3c(c2)nc(-c2ccncc2)n3C2CCCCC2)cc1OC. The van der Waals surface area contributed by atoms with E-state index in [0.717, 1.165) is 40.8 Å². The number of pyridine rings is 1. The van der Waals surface area contributed by atoms with Crippen LogP contribution < -0.4 is 14.8 Å². The number of carbonyl (C=O) groups is 1. The summed E-state index contributed by atoms with van der Waals surface area (Å²) in [6.45, 7) is 0.519. The summed E-state index contributed by atoms with van der Waals surface area (Å²) in [7, 11) is 3.24. The van der Waals surface area contributed by atoms with E-state index in [2.05, 4.69) is 14.9 Å². The summed E-state index contributed by atoms with van der Waals surface area (Å²) < 4.78 is 13.1. The lowest BCUT2D eigenvalue weighted by atomic mass is 9.95. The molecule has 7 nitrogen and oxygen atoms in total. The smallest absolute Gasteiger partial charge is 0.251 e. The molecule has 0 spiro atoms. The van der Waals surface area contributed by atoms with E-state index in [1.54, 1.807) is 26.6 Å². The van der Waals surface area contributed by atoms with Gasteiger partial charge in [-0.2, -0.15) is 0 Å². The fourth-order valence-corrected chi connectivity index (χ4v) is 5.11. The normalized spacial score (nSPS) is 14.1. The molecule has 2 aromatic heterocycles. The number of aromatic nitrogens is 3. The molecule has 1 N–H and O–H groups in total. The number of amides is 1. The van der Waals surface area contributed by atoms with Crippen molar-refractivity contribution in [3.8, 4) is 22.9 Å². The second-order valence-electron chi connectivity index (χ2n) is 9.23. The van der Waals surface area contributed by atoms with Crippen LogP contribution in [-0.4, -0.2) is 41.2 Å². The molecule has 1 aliphatic carbocycles. The molecule has 1 saturated carbocycles. The Bertz CT molecular complexity index is 1340. The van der Waals surface area contributed by atoms with Crippen molar-refractivity contribution in [3.05, 3.63) is 72.1 Å². The summed E-state index contributed by atoms with van der Waals surface area (Å²) in [5, 5.41) is 3.04. The van der Waals surface area contributed by atoms with E-state index in [-0.39, 0.29) is 5.91 Å². The molecule has 7 heteroatoms. The van der Waals surface area contributed by atoms with Crippen molar-refractivity contribution in [1.29, 1.82) is 0 Å². The minimum Gasteiger partial charge on any atom is -0.493 e. The van der Waals surface area contributed by atoms with Crippen LogP contribution in [0.1, 0.15) is 54.1 Å². The standard InChI is InChI=1S/C29H32N4O3/c1-35-26-11-8-20(18-27(26)36-2)12-17-31-29(34)22-9-10-25-24(19-22)32-28(21-13-15-30-16-14-21)33(25)23-6-4-3-5-7-23/h8-11,13-16,18-19,23H,3-7,12,17H2,1-2H3,(H,31,34). The number of carbonyl (C=O) groups excluding carboxylic acids is 1. The van der Waals surface area contributed by atoms with E-state index >= 15 is 0 Å². The largest absolute Gasteiger partial charge is 0.493 e. The van der Waals surface area contributed by atoms with Crippen LogP contribution in [0.2, 0.25) is 0 Å². The van der Waals surface area contributed by atoms with Crippen LogP contribution in [0, 0.1) is 0 Å². The number of hydrogen-bond donors (Lipinski definition) is 1. The first-order chi connectivity index (χ1) is 17.7. The fourth-order valence-electron chi connectivity index (χ4n) is 5.11. The molecule has 1 aliphatic rings. The van der Waals surface area contributed by atoms with Crippen LogP contribution in [0.5, 0.6) is 11.5 Å². The molecule has 0 aliphatic heterocycles. The first kappa shape index (κ1) is 23.9. The summed E-state index contributed by atoms with van der Waals surface area (Å²) in [6.07, 6.45) is 10.4. The Labute approximate surface area is 211 Å². The Balaban J connectivity index is 1.36. The van der Waals surface area contributed by atoms with Crippen molar-refractivity contribution in [1.82, 2.24) is 19.9 Å². The molecule has 1 fully saturated rings. The van der Waals surface area contributed by atoms with Crippen molar-refractivity contribution in [3.63, 3.8) is 0 Å². The molecule has 5 rings (SSSR count). The predicted octanol–water partition coefficient (Wildman–Crippen LogP) is 5.59. The summed E-state index contributed by atoms with van der Waals surface area (Å²) in [6, 6.07) is 16.1. The highest BCUT2D eigenvalue weighted by molar-refractivity contribution is 5.98. The number of rotatable bonds is 8. The molecule has 0 saturated heterocycles. The first-order valence-electron chi connectivity index (χ1n) is 12.6. The quantitative estimate of drug-likeness (QED) is 0.353. The number of imidazole rings is 1. The molecule has 36 heavy (non-hydrogen) atoms. The van der Waals surface area contributed by atoms with Gasteiger partial charge < -0.3 is 19.4 Å². The van der Waals surface area contributed by atoms with Crippen molar-refractivity contribution in [2.75, 3.05) is 20.8 Å². The van der Waals surface area contributed by atoms with Gasteiger partial charge in [0.2, 0.25) is 0 Å². The van der Waals surface area contributed by atoms with Crippen molar-refractivity contribution in [2.45, 2.75) is 44.6 Å². The molecule has 0 bridgehead atoms. The highest BCUT2D eigenvalue weighted by atomic mass is 16.5. The molecule has 2 heterocycles. The third-order valence-corrected chi connectivity index (χ3v) is 6.98. The molecule has 0 atom stereocenters. The number of nitrogens with zero attached hydrogens (tertiary/aromatic N) is 3. The number of ether oxygens (including phenoxy) is 2. The van der Waals surface area contributed by atoms with Gasteiger partial charge in [-0.15, -0.1) is 0 Å². The Morgan fingerprint density at radius 3 is 2.50 bits per heavy atom. The highest BCUT2D eigenvalue weighted by Crippen LogP contribution is 2.36. The third-order valence-electron chi connectivity index (χ3n) is 6.98. The molecule has 4 aromatic rings. The third kappa shape index (κ3) is 4.91. The summed E-state index contributed by atoms with van der Waals surface area (Å²) in [5.41, 5.74) is 4.66. The number of nitrogens with one attached hydrogen (secondary N) is 1. The number of hydrogen-bond acceptors (Lipinski definition) is 5. The molecule has 0 radical (unpaired) electrons. The van der Waals surface area contributed by atoms with Gasteiger partial charge in [-0.05, 0) is 67.3 Å². The van der Waals surface area contributed by atoms with Crippen LogP contribution in [0.25, 0.3) is 22.4 Å². The van der Waals surface area contributed by atoms with Gasteiger partial charge in [0.1, 0.15) is 5.82 Å². The second-order valence-corrected chi connectivity index (χ2v) is 9.23. The van der Waals surface area contributed by atoms with Crippen molar-refractivity contribution >= 4 is 16.9 Å². The average Bonchev–Trinajstić information content (AvgIpc) is 3.32. The first-order valence-corrected chi connectivity index (χ1v) is 12.6. The maximum atomic E-state index is 13.0. The molecule has 1 amide bonds. The lowest BCUT2D eigenvalue weighted by Gasteiger charge is -2.25. The van der Waals surface area contributed by atoms with Gasteiger partial charge in [0.25, 0.3) is 5.91 Å². The van der Waals surface area contributed by atoms with Crippen LogP contribution >= 0.6 is 0 Å². The Morgan fingerprint density at radius 1 is 0.972 bits per heavy atom. The van der Waals surface area contributed by atoms with Gasteiger partial charge >= 0.3 is 0 Å². The lowest BCUT2D eigenvalue weighted by Crippen LogP contribution is -2.25. The Hall–Kier alpha value is -3.87. The van der Waals surface area contributed by atoms with E-state index in [9.17, 15) is 4.79 Å². The van der Waals surface area contributed by atoms with Gasteiger partial charge in [0, 0.05) is 36.1 Å².